The highest BCUT2D eigenvalue weighted by molar-refractivity contribution is 5.82. The van der Waals surface area contributed by atoms with E-state index in [0.29, 0.717) is 18.8 Å². The second-order valence-corrected chi connectivity index (χ2v) is 5.79. The van der Waals surface area contributed by atoms with Crippen molar-refractivity contribution < 1.29 is 15.0 Å². The molecule has 0 saturated carbocycles. The largest absolute Gasteiger partial charge is 0.394 e. The van der Waals surface area contributed by atoms with Crippen LogP contribution >= 0.6 is 0 Å². The first-order chi connectivity index (χ1) is 11.7. The molecule has 1 aromatic carbocycles. The Morgan fingerprint density at radius 1 is 1.29 bits per heavy atom. The zero-order valence-corrected chi connectivity index (χ0v) is 13.1. The van der Waals surface area contributed by atoms with E-state index in [0.717, 1.165) is 11.1 Å². The maximum Gasteiger partial charge on any atom is 0.237 e. The van der Waals surface area contributed by atoms with E-state index in [1.165, 1.54) is 0 Å². The van der Waals surface area contributed by atoms with E-state index < -0.39 is 18.2 Å². The van der Waals surface area contributed by atoms with Crippen molar-refractivity contribution in [3.05, 3.63) is 48.3 Å². The summed E-state index contributed by atoms with van der Waals surface area (Å²) in [6, 6.07) is 8.22. The molecule has 4 N–H and O–H groups in total. The summed E-state index contributed by atoms with van der Waals surface area (Å²) in [5, 5.41) is 24.9. The minimum atomic E-state index is -0.501. The topological polar surface area (TPSA) is 107 Å². The number of aliphatic hydroxyl groups is 2. The first-order valence-electron chi connectivity index (χ1n) is 7.87. The number of aromatic nitrogens is 2. The lowest BCUT2D eigenvalue weighted by Crippen LogP contribution is -2.42. The molecule has 2 aromatic rings. The van der Waals surface area contributed by atoms with Crippen molar-refractivity contribution in [3.63, 3.8) is 0 Å². The molecule has 1 saturated heterocycles. The Kier molecular flexibility index (Phi) is 5.14. The molecule has 0 unspecified atom stereocenters. The molecule has 0 radical (unpaired) electrons. The molecule has 1 fully saturated rings. The summed E-state index contributed by atoms with van der Waals surface area (Å²) < 4.78 is 0. The number of nitrogens with one attached hydrogen (secondary N) is 2. The van der Waals surface area contributed by atoms with Gasteiger partial charge >= 0.3 is 0 Å². The Bertz CT molecular complexity index is 678. The molecule has 3 rings (SSSR count). The van der Waals surface area contributed by atoms with Crippen LogP contribution in [0.15, 0.2) is 42.7 Å². The van der Waals surface area contributed by atoms with Crippen molar-refractivity contribution >= 4 is 5.91 Å². The molecule has 126 valence electrons. The highest BCUT2D eigenvalue weighted by atomic mass is 16.3. The van der Waals surface area contributed by atoms with Crippen LogP contribution < -0.4 is 10.6 Å². The summed E-state index contributed by atoms with van der Waals surface area (Å²) in [5.41, 5.74) is 1.66. The Balaban J connectivity index is 1.68. The van der Waals surface area contributed by atoms with Gasteiger partial charge in [-0.3, -0.25) is 4.79 Å². The van der Waals surface area contributed by atoms with Crippen molar-refractivity contribution in [3.8, 4) is 11.4 Å². The minimum absolute atomic E-state index is 0.206. The molecule has 0 aliphatic carbocycles. The van der Waals surface area contributed by atoms with Gasteiger partial charge in [0.05, 0.1) is 24.8 Å². The Morgan fingerprint density at radius 2 is 2.00 bits per heavy atom. The Hall–Kier alpha value is -2.35. The molecule has 1 aliphatic heterocycles. The number of carbonyl (C=O) groups excluding carboxylic acids is 1. The number of carbonyl (C=O) groups is 1. The van der Waals surface area contributed by atoms with Gasteiger partial charge in [0.1, 0.15) is 0 Å². The van der Waals surface area contributed by atoms with E-state index in [4.69, 9.17) is 0 Å². The van der Waals surface area contributed by atoms with Gasteiger partial charge in [0.15, 0.2) is 5.82 Å². The summed E-state index contributed by atoms with van der Waals surface area (Å²) in [7, 11) is 0. The van der Waals surface area contributed by atoms with Crippen LogP contribution in [0.5, 0.6) is 0 Å². The van der Waals surface area contributed by atoms with E-state index in [1.807, 2.05) is 24.3 Å². The molecule has 7 nitrogen and oxygen atoms in total. The fraction of sp³-hybridized carbons (Fsp3) is 0.353. The third-order valence-electron chi connectivity index (χ3n) is 4.06. The summed E-state index contributed by atoms with van der Waals surface area (Å²) in [6.07, 6.45) is 3.24. The molecule has 0 spiro atoms. The maximum atomic E-state index is 12.2. The van der Waals surface area contributed by atoms with Crippen LogP contribution in [0.3, 0.4) is 0 Å². The monoisotopic (exact) mass is 328 g/mol. The lowest BCUT2D eigenvalue weighted by atomic mass is 10.0. The number of nitrogens with zero attached hydrogens (tertiary/aromatic N) is 2. The van der Waals surface area contributed by atoms with Gasteiger partial charge in [-0.1, -0.05) is 24.3 Å². The predicted molar refractivity (Wildman–Crippen MR) is 87.9 cm³/mol. The van der Waals surface area contributed by atoms with Gasteiger partial charge in [-0.25, -0.2) is 9.97 Å². The molecular formula is C17H20N4O3. The fourth-order valence-corrected chi connectivity index (χ4v) is 2.74. The second kappa shape index (κ2) is 7.48. The predicted octanol–water partition coefficient (Wildman–Crippen LogP) is 0.0160. The second-order valence-electron chi connectivity index (χ2n) is 5.79. The summed E-state index contributed by atoms with van der Waals surface area (Å²) in [5.74, 6) is 0.402. The average Bonchev–Trinajstić information content (AvgIpc) is 3.07. The van der Waals surface area contributed by atoms with E-state index in [9.17, 15) is 15.0 Å². The average molecular weight is 328 g/mol. The standard InChI is InChI=1S/C17H20N4O3/c22-10-15(21-17(24)14-8-13(23)9-20-14)11-2-4-12(5-3-11)16-18-6-1-7-19-16/h1-7,13-15,20,22-23H,8-10H2,(H,21,24)/t13-,14+,15+/m1/s1. The number of aliphatic hydroxyl groups excluding tert-OH is 2. The van der Waals surface area contributed by atoms with Gasteiger partial charge < -0.3 is 20.8 Å². The van der Waals surface area contributed by atoms with Gasteiger partial charge in [0.25, 0.3) is 0 Å². The number of β-amino-alcohol motifs (C(OH)–C–C–N with tert-alkyl or cyclic N) is 1. The van der Waals surface area contributed by atoms with Crippen molar-refractivity contribution in [1.82, 2.24) is 20.6 Å². The first kappa shape index (κ1) is 16.5. The van der Waals surface area contributed by atoms with Crippen LogP contribution in [0, 0.1) is 0 Å². The van der Waals surface area contributed by atoms with Crippen LogP contribution in [0.2, 0.25) is 0 Å². The van der Waals surface area contributed by atoms with E-state index in [2.05, 4.69) is 20.6 Å². The van der Waals surface area contributed by atoms with Crippen LogP contribution in [0.4, 0.5) is 0 Å². The van der Waals surface area contributed by atoms with Gasteiger partial charge in [-0.05, 0) is 18.1 Å². The molecule has 1 amide bonds. The smallest absolute Gasteiger partial charge is 0.237 e. The Labute approximate surface area is 139 Å². The molecule has 1 aliphatic rings. The van der Waals surface area contributed by atoms with Crippen molar-refractivity contribution in [2.45, 2.75) is 24.6 Å². The quantitative estimate of drug-likeness (QED) is 0.616. The lowest BCUT2D eigenvalue weighted by Gasteiger charge is -2.19. The van der Waals surface area contributed by atoms with E-state index in [-0.39, 0.29) is 12.5 Å². The molecule has 3 atom stereocenters. The van der Waals surface area contributed by atoms with Crippen molar-refractivity contribution in [1.29, 1.82) is 0 Å². The highest BCUT2D eigenvalue weighted by Crippen LogP contribution is 2.19. The number of amides is 1. The van der Waals surface area contributed by atoms with Crippen LogP contribution in [0.1, 0.15) is 18.0 Å². The zero-order chi connectivity index (χ0) is 16.9. The lowest BCUT2D eigenvalue weighted by molar-refractivity contribution is -0.124. The summed E-state index contributed by atoms with van der Waals surface area (Å²) >= 11 is 0. The van der Waals surface area contributed by atoms with Crippen LogP contribution in [-0.2, 0) is 4.79 Å². The van der Waals surface area contributed by atoms with Gasteiger partial charge in [-0.2, -0.15) is 0 Å². The summed E-state index contributed by atoms with van der Waals surface area (Å²) in [4.78, 5) is 20.6. The van der Waals surface area contributed by atoms with E-state index >= 15 is 0 Å². The van der Waals surface area contributed by atoms with Gasteiger partial charge in [0.2, 0.25) is 5.91 Å². The first-order valence-corrected chi connectivity index (χ1v) is 7.87. The maximum absolute atomic E-state index is 12.2. The number of rotatable bonds is 5. The normalized spacial score (nSPS) is 21.4. The van der Waals surface area contributed by atoms with Gasteiger partial charge in [0, 0.05) is 24.5 Å². The van der Waals surface area contributed by atoms with Crippen LogP contribution in [0.25, 0.3) is 11.4 Å². The number of benzene rings is 1. The molecule has 1 aromatic heterocycles. The third-order valence-corrected chi connectivity index (χ3v) is 4.06. The molecule has 0 bridgehead atoms. The third kappa shape index (κ3) is 3.76. The van der Waals surface area contributed by atoms with Crippen molar-refractivity contribution in [2.24, 2.45) is 0 Å². The Morgan fingerprint density at radius 3 is 2.58 bits per heavy atom. The van der Waals surface area contributed by atoms with Crippen molar-refractivity contribution in [2.75, 3.05) is 13.2 Å². The van der Waals surface area contributed by atoms with E-state index in [1.54, 1.807) is 18.5 Å². The molecule has 24 heavy (non-hydrogen) atoms. The SMILES string of the molecule is O=C(N[C@@H](CO)c1ccc(-c2ncccn2)cc1)[C@@H]1C[C@@H](O)CN1. The van der Waals surface area contributed by atoms with Crippen LogP contribution in [-0.4, -0.2) is 51.4 Å². The highest BCUT2D eigenvalue weighted by Gasteiger charge is 2.29. The summed E-state index contributed by atoms with van der Waals surface area (Å²) in [6.45, 7) is 0.204. The molecule has 7 heteroatoms. The number of hydrogen-bond donors (Lipinski definition) is 4. The van der Waals surface area contributed by atoms with Gasteiger partial charge in [-0.15, -0.1) is 0 Å². The number of hydrogen-bond acceptors (Lipinski definition) is 6. The molecular weight excluding hydrogens is 308 g/mol. The fourth-order valence-electron chi connectivity index (χ4n) is 2.74. The minimum Gasteiger partial charge on any atom is -0.394 e. The zero-order valence-electron chi connectivity index (χ0n) is 13.1. The molecule has 2 heterocycles.